The van der Waals surface area contributed by atoms with Gasteiger partial charge in [0.25, 0.3) is 0 Å². The van der Waals surface area contributed by atoms with Crippen LogP contribution in [0.25, 0.3) is 5.57 Å². The van der Waals surface area contributed by atoms with E-state index in [-0.39, 0.29) is 29.5 Å². The number of alkyl halides is 6. The number of hydrogen-bond donors (Lipinski definition) is 0. The predicted molar refractivity (Wildman–Crippen MR) is 158 cm³/mol. The molecule has 12 heteroatoms. The van der Waals surface area contributed by atoms with Gasteiger partial charge in [-0.2, -0.15) is 26.3 Å². The second-order valence-electron chi connectivity index (χ2n) is 12.5. The Balaban J connectivity index is 1.79. The number of carbonyl (C=O) groups excluding carboxylic acids is 2. The maximum absolute atomic E-state index is 13.6. The zero-order valence-corrected chi connectivity index (χ0v) is 26.4. The maximum Gasteiger partial charge on any atom is 0.416 e. The molecule has 1 aliphatic heterocycles. The number of amides is 2. The van der Waals surface area contributed by atoms with Crippen molar-refractivity contribution in [1.82, 2.24) is 4.90 Å². The van der Waals surface area contributed by atoms with Gasteiger partial charge in [-0.1, -0.05) is 20.8 Å². The molecule has 2 aromatic rings. The van der Waals surface area contributed by atoms with Crippen LogP contribution in [-0.2, 0) is 28.3 Å². The van der Waals surface area contributed by atoms with Gasteiger partial charge >= 0.3 is 18.4 Å². The smallest absolute Gasteiger partial charge is 0.416 e. The highest BCUT2D eigenvalue weighted by Crippen LogP contribution is 2.47. The summed E-state index contributed by atoms with van der Waals surface area (Å²) in [6, 6.07) is 4.19. The van der Waals surface area contributed by atoms with Gasteiger partial charge in [0.1, 0.15) is 11.9 Å². The summed E-state index contributed by atoms with van der Waals surface area (Å²) in [6.45, 7) is 9.22. The van der Waals surface area contributed by atoms with E-state index in [4.69, 9.17) is 9.47 Å². The number of benzene rings is 2. The fourth-order valence-electron chi connectivity index (χ4n) is 6.18. The number of cyclic esters (lactones) is 1. The van der Waals surface area contributed by atoms with Crippen molar-refractivity contribution in [2.75, 3.05) is 25.6 Å². The second kappa shape index (κ2) is 12.2. The van der Waals surface area contributed by atoms with E-state index < -0.39 is 41.7 Å². The van der Waals surface area contributed by atoms with E-state index >= 15 is 0 Å². The zero-order valence-electron chi connectivity index (χ0n) is 26.4. The highest BCUT2D eigenvalue weighted by Gasteiger charge is 2.44. The largest absolute Gasteiger partial charge is 0.496 e. The lowest BCUT2D eigenvalue weighted by Crippen LogP contribution is -2.35. The minimum absolute atomic E-state index is 0.0525. The summed E-state index contributed by atoms with van der Waals surface area (Å²) in [5, 5.41) is 0. The summed E-state index contributed by atoms with van der Waals surface area (Å²) < 4.78 is 92.6. The van der Waals surface area contributed by atoms with Crippen LogP contribution < -0.4 is 9.64 Å². The van der Waals surface area contributed by atoms with Crippen molar-refractivity contribution in [3.05, 3.63) is 63.7 Å². The molecule has 0 radical (unpaired) electrons. The van der Waals surface area contributed by atoms with Gasteiger partial charge in [-0.05, 0) is 90.6 Å². The molecule has 1 aliphatic carbocycles. The number of hydrogen-bond acceptors (Lipinski definition) is 4. The van der Waals surface area contributed by atoms with E-state index in [1.807, 2.05) is 19.1 Å². The van der Waals surface area contributed by atoms with Crippen LogP contribution in [0.2, 0.25) is 0 Å². The Morgan fingerprint density at radius 1 is 1.07 bits per heavy atom. The first-order valence-corrected chi connectivity index (χ1v) is 14.7. The Kier molecular flexibility index (Phi) is 9.30. The van der Waals surface area contributed by atoms with E-state index in [1.165, 1.54) is 11.8 Å². The second-order valence-corrected chi connectivity index (χ2v) is 12.5. The van der Waals surface area contributed by atoms with Crippen molar-refractivity contribution in [2.24, 2.45) is 5.41 Å². The van der Waals surface area contributed by atoms with Crippen molar-refractivity contribution >= 4 is 23.3 Å². The van der Waals surface area contributed by atoms with Crippen molar-refractivity contribution in [3.8, 4) is 5.75 Å². The number of rotatable bonds is 7. The molecule has 45 heavy (non-hydrogen) atoms. The van der Waals surface area contributed by atoms with Gasteiger partial charge in [0, 0.05) is 31.8 Å². The van der Waals surface area contributed by atoms with Gasteiger partial charge in [-0.25, -0.2) is 4.79 Å². The molecule has 2 aromatic carbocycles. The third-order valence-corrected chi connectivity index (χ3v) is 8.80. The zero-order chi connectivity index (χ0) is 33.6. The van der Waals surface area contributed by atoms with Crippen LogP contribution in [0, 0.1) is 5.41 Å². The third-order valence-electron chi connectivity index (χ3n) is 8.80. The van der Waals surface area contributed by atoms with Crippen LogP contribution in [0.4, 0.5) is 36.8 Å². The van der Waals surface area contributed by atoms with Crippen LogP contribution >= 0.6 is 0 Å². The lowest BCUT2D eigenvalue weighted by Gasteiger charge is -2.36. The monoisotopic (exact) mass is 640 g/mol. The normalized spacial score (nSPS) is 20.4. The minimum atomic E-state index is -5.03. The van der Waals surface area contributed by atoms with E-state index in [0.29, 0.717) is 37.1 Å². The molecule has 1 saturated heterocycles. The number of anilines is 1. The molecule has 0 bridgehead atoms. The van der Waals surface area contributed by atoms with Gasteiger partial charge in [0.2, 0.25) is 5.91 Å². The first-order valence-electron chi connectivity index (χ1n) is 14.7. The molecular weight excluding hydrogens is 602 g/mol. The van der Waals surface area contributed by atoms with E-state index in [2.05, 4.69) is 13.8 Å². The number of allylic oxidation sites excluding steroid dienone is 1. The van der Waals surface area contributed by atoms with E-state index in [1.54, 1.807) is 26.0 Å². The Morgan fingerprint density at radius 2 is 1.67 bits per heavy atom. The Hall–Kier alpha value is -3.70. The summed E-state index contributed by atoms with van der Waals surface area (Å²) in [7, 11) is 3.24. The van der Waals surface area contributed by atoms with Crippen LogP contribution in [0.5, 0.6) is 5.75 Å². The highest BCUT2D eigenvalue weighted by molar-refractivity contribution is 5.93. The molecule has 4 rings (SSSR count). The summed E-state index contributed by atoms with van der Waals surface area (Å²) in [5.74, 6) is 0.445. The molecule has 2 amide bonds. The molecule has 2 aliphatic rings. The van der Waals surface area contributed by atoms with E-state index in [9.17, 15) is 35.9 Å². The molecule has 0 saturated carbocycles. The van der Waals surface area contributed by atoms with Gasteiger partial charge in [-0.3, -0.25) is 9.69 Å². The Bertz CT molecular complexity index is 1480. The third kappa shape index (κ3) is 7.09. The van der Waals surface area contributed by atoms with Crippen LogP contribution in [0.15, 0.2) is 35.9 Å². The van der Waals surface area contributed by atoms with Gasteiger partial charge in [-0.15, -0.1) is 0 Å². The first kappa shape index (κ1) is 34.2. The summed E-state index contributed by atoms with van der Waals surface area (Å²) in [6.07, 6.45) is -9.59. The predicted octanol–water partition coefficient (Wildman–Crippen LogP) is 8.82. The Morgan fingerprint density at radius 3 is 2.18 bits per heavy atom. The number of carbonyl (C=O) groups is 2. The topological polar surface area (TPSA) is 59.1 Å². The lowest BCUT2D eigenvalue weighted by atomic mass is 9.72. The molecule has 1 fully saturated rings. The van der Waals surface area contributed by atoms with Crippen molar-refractivity contribution in [1.29, 1.82) is 0 Å². The molecule has 2 atom stereocenters. The van der Waals surface area contributed by atoms with E-state index in [0.717, 1.165) is 34.4 Å². The number of nitrogens with zero attached hydrogens (tertiary/aromatic N) is 2. The highest BCUT2D eigenvalue weighted by atomic mass is 19.4. The minimum Gasteiger partial charge on any atom is -0.496 e. The van der Waals surface area contributed by atoms with Crippen LogP contribution in [0.1, 0.15) is 87.8 Å². The molecule has 6 nitrogen and oxygen atoms in total. The summed E-state index contributed by atoms with van der Waals surface area (Å²) in [4.78, 5) is 28.4. The molecule has 0 unspecified atom stereocenters. The van der Waals surface area contributed by atoms with Crippen molar-refractivity contribution in [2.45, 2.75) is 84.8 Å². The fraction of sp³-hybridized carbons (Fsp3) is 0.515. The molecule has 0 spiro atoms. The molecule has 0 N–H and O–H groups in total. The molecule has 0 aromatic heterocycles. The first-order chi connectivity index (χ1) is 20.8. The van der Waals surface area contributed by atoms with Gasteiger partial charge in [0.05, 0.1) is 24.3 Å². The summed E-state index contributed by atoms with van der Waals surface area (Å²) in [5.41, 5.74) is 0.693. The van der Waals surface area contributed by atoms with Crippen molar-refractivity contribution < 1.29 is 45.4 Å². The average Bonchev–Trinajstić information content (AvgIpc) is 3.23. The fourth-order valence-corrected chi connectivity index (χ4v) is 6.18. The number of methoxy groups -OCH3 is 1. The maximum atomic E-state index is 13.6. The molecule has 1 heterocycles. The van der Waals surface area contributed by atoms with Gasteiger partial charge in [0.15, 0.2) is 0 Å². The van der Waals surface area contributed by atoms with Gasteiger partial charge < -0.3 is 14.4 Å². The molecule has 246 valence electrons. The van der Waals surface area contributed by atoms with Crippen LogP contribution in [0.3, 0.4) is 0 Å². The van der Waals surface area contributed by atoms with Crippen LogP contribution in [-0.4, -0.2) is 43.6 Å². The quantitative estimate of drug-likeness (QED) is 0.284. The van der Waals surface area contributed by atoms with Crippen molar-refractivity contribution in [3.63, 3.8) is 0 Å². The standard InChI is InChI=1S/C33H38F6N2O4/c1-8-20-13-28(44-7)26(15-27(20)40(6)19(3)42)25-9-10-31(4,5)16-22(25)17-41-18(2)29(45-30(41)43)21-11-23(32(34,35)36)14-24(12-21)33(37,38)39/h11-15,18,29H,8-10,16-17H2,1-7H3/t18-,29-/m0/s1. The molecular formula is C33H38F6N2O4. The lowest BCUT2D eigenvalue weighted by molar-refractivity contribution is -0.143. The number of aryl methyl sites for hydroxylation is 1. The SMILES string of the molecule is CCc1cc(OC)c(C2=C(CN3C(=O)O[C@H](c4cc(C(F)(F)F)cc(C(F)(F)F)c4)[C@@H]3C)CC(C)(C)CC2)cc1N(C)C(C)=O. The number of halogens is 6. The average molecular weight is 641 g/mol. The Labute approximate surface area is 259 Å². The summed E-state index contributed by atoms with van der Waals surface area (Å²) >= 11 is 0. The number of ether oxygens (including phenoxy) is 2.